The van der Waals surface area contributed by atoms with Crippen LogP contribution in [-0.2, 0) is 11.2 Å². The number of amides is 2. The van der Waals surface area contributed by atoms with Crippen molar-refractivity contribution in [1.29, 1.82) is 0 Å². The minimum Gasteiger partial charge on any atom is -0.343 e. The van der Waals surface area contributed by atoms with E-state index < -0.39 is 5.41 Å². The summed E-state index contributed by atoms with van der Waals surface area (Å²) in [6.07, 6.45) is 5.79. The molecule has 32 heavy (non-hydrogen) atoms. The molecule has 2 aromatic heterocycles. The van der Waals surface area contributed by atoms with Crippen molar-refractivity contribution in [3.8, 4) is 10.4 Å². The zero-order chi connectivity index (χ0) is 22.6. The minimum atomic E-state index is -0.656. The van der Waals surface area contributed by atoms with Crippen LogP contribution in [0.15, 0.2) is 60.4 Å². The van der Waals surface area contributed by atoms with E-state index in [-0.39, 0.29) is 11.8 Å². The van der Waals surface area contributed by atoms with Gasteiger partial charge in [-0.15, -0.1) is 11.3 Å². The van der Waals surface area contributed by atoms with Gasteiger partial charge in [-0.3, -0.25) is 14.6 Å². The number of hydrogen-bond donors (Lipinski definition) is 0. The van der Waals surface area contributed by atoms with Crippen LogP contribution in [0.3, 0.4) is 0 Å². The summed E-state index contributed by atoms with van der Waals surface area (Å²) < 4.78 is 0. The molecule has 1 aromatic carbocycles. The first kappa shape index (κ1) is 22.1. The predicted octanol–water partition coefficient (Wildman–Crippen LogP) is 4.15. The second-order valence-electron chi connectivity index (χ2n) is 8.14. The molecule has 166 valence electrons. The van der Waals surface area contributed by atoms with Crippen LogP contribution >= 0.6 is 11.3 Å². The van der Waals surface area contributed by atoms with E-state index >= 15 is 0 Å². The number of carbonyl (C=O) groups excluding carboxylic acids is 2. The second-order valence-corrected chi connectivity index (χ2v) is 9.08. The van der Waals surface area contributed by atoms with E-state index in [0.717, 1.165) is 11.1 Å². The van der Waals surface area contributed by atoms with E-state index in [0.29, 0.717) is 44.7 Å². The van der Waals surface area contributed by atoms with E-state index in [1.807, 2.05) is 36.9 Å². The molecule has 7 heteroatoms. The third kappa shape index (κ3) is 4.30. The quantitative estimate of drug-likeness (QED) is 0.545. The van der Waals surface area contributed by atoms with Gasteiger partial charge in [0.1, 0.15) is 5.69 Å². The zero-order valence-electron chi connectivity index (χ0n) is 18.5. The molecule has 1 fully saturated rings. The van der Waals surface area contributed by atoms with Gasteiger partial charge in [0.15, 0.2) is 0 Å². The number of carbonyl (C=O) groups is 2. The highest BCUT2D eigenvalue weighted by Crippen LogP contribution is 2.40. The second kappa shape index (κ2) is 9.61. The van der Waals surface area contributed by atoms with E-state index in [1.54, 1.807) is 22.4 Å². The first-order valence-electron chi connectivity index (χ1n) is 11.0. The average molecular weight is 449 g/mol. The fraction of sp³-hybridized carbons (Fsp3) is 0.360. The van der Waals surface area contributed by atoms with Crippen molar-refractivity contribution >= 4 is 23.2 Å². The lowest BCUT2D eigenvalue weighted by Crippen LogP contribution is -2.47. The number of thiophene rings is 1. The average Bonchev–Trinajstić information content (AvgIpc) is 3.52. The molecule has 4 rings (SSSR count). The lowest BCUT2D eigenvalue weighted by molar-refractivity contribution is -0.141. The van der Waals surface area contributed by atoms with Gasteiger partial charge in [0.05, 0.1) is 11.6 Å². The first-order valence-corrected chi connectivity index (χ1v) is 11.9. The molecule has 1 unspecified atom stereocenters. The normalized spacial score (nSPS) is 18.0. The van der Waals surface area contributed by atoms with Gasteiger partial charge >= 0.3 is 0 Å². The number of rotatable bonds is 7. The smallest absolute Gasteiger partial charge is 0.274 e. The molecule has 0 saturated carbocycles. The van der Waals surface area contributed by atoms with Crippen molar-refractivity contribution in [2.75, 3.05) is 26.2 Å². The van der Waals surface area contributed by atoms with Crippen molar-refractivity contribution in [2.45, 2.75) is 26.7 Å². The number of aromatic nitrogens is 2. The highest BCUT2D eigenvalue weighted by molar-refractivity contribution is 7.13. The highest BCUT2D eigenvalue weighted by Gasteiger charge is 2.48. The fourth-order valence-electron chi connectivity index (χ4n) is 4.57. The maximum Gasteiger partial charge on any atom is 0.274 e. The Balaban J connectivity index is 1.68. The lowest BCUT2D eigenvalue weighted by atomic mass is 9.78. The summed E-state index contributed by atoms with van der Waals surface area (Å²) in [5.41, 5.74) is 1.96. The van der Waals surface area contributed by atoms with Gasteiger partial charge in [0.2, 0.25) is 5.91 Å². The maximum atomic E-state index is 13.8. The van der Waals surface area contributed by atoms with Gasteiger partial charge in [-0.2, -0.15) is 0 Å². The predicted molar refractivity (Wildman–Crippen MR) is 126 cm³/mol. The molecule has 0 spiro atoms. The van der Waals surface area contributed by atoms with Crippen LogP contribution in [-0.4, -0.2) is 57.8 Å². The summed E-state index contributed by atoms with van der Waals surface area (Å²) in [4.78, 5) is 39.9. The molecule has 1 aliphatic rings. The Morgan fingerprint density at radius 1 is 1.12 bits per heavy atom. The molecular formula is C25H28N4O2S. The Hall–Kier alpha value is -3.06. The molecule has 0 N–H and O–H groups in total. The fourth-order valence-corrected chi connectivity index (χ4v) is 5.36. The van der Waals surface area contributed by atoms with E-state index in [9.17, 15) is 9.59 Å². The molecule has 1 aliphatic heterocycles. The molecular weight excluding hydrogens is 420 g/mol. The van der Waals surface area contributed by atoms with Gasteiger partial charge < -0.3 is 9.80 Å². The number of likely N-dealkylation sites (tertiary alicyclic amines) is 1. The van der Waals surface area contributed by atoms with Crippen molar-refractivity contribution < 1.29 is 9.59 Å². The van der Waals surface area contributed by atoms with Crippen LogP contribution in [0.1, 0.15) is 36.3 Å². The largest absolute Gasteiger partial charge is 0.343 e. The van der Waals surface area contributed by atoms with Gasteiger partial charge in [-0.1, -0.05) is 30.3 Å². The molecule has 0 bridgehead atoms. The Bertz CT molecular complexity index is 1070. The zero-order valence-corrected chi connectivity index (χ0v) is 19.3. The number of benzene rings is 1. The maximum absolute atomic E-state index is 13.8. The monoisotopic (exact) mass is 448 g/mol. The molecule has 6 nitrogen and oxygen atoms in total. The molecule has 3 aromatic rings. The number of hydrogen-bond acceptors (Lipinski definition) is 5. The third-order valence-corrected chi connectivity index (χ3v) is 7.16. The van der Waals surface area contributed by atoms with Crippen LogP contribution in [0, 0.1) is 5.41 Å². The summed E-state index contributed by atoms with van der Waals surface area (Å²) >= 11 is 1.70. The topological polar surface area (TPSA) is 66.4 Å². The molecule has 2 amide bonds. The van der Waals surface area contributed by atoms with Crippen molar-refractivity contribution in [3.05, 3.63) is 71.6 Å². The summed E-state index contributed by atoms with van der Waals surface area (Å²) in [6.45, 7) is 6.24. The Kier molecular flexibility index (Phi) is 6.65. The lowest BCUT2D eigenvalue weighted by Gasteiger charge is -2.34. The highest BCUT2D eigenvalue weighted by atomic mass is 32.1. The van der Waals surface area contributed by atoms with Gasteiger partial charge in [0, 0.05) is 43.4 Å². The molecule has 0 radical (unpaired) electrons. The van der Waals surface area contributed by atoms with Crippen LogP contribution in [0.5, 0.6) is 0 Å². The molecule has 3 heterocycles. The standard InChI is InChI=1S/C25H28N4O2S/c1-3-28(4-2)24(31)25(11-14-29(18-25)23(30)21-17-26-12-13-27-21)16-19-8-5-6-9-20(19)22-10-7-15-32-22/h5-10,12-13,15,17H,3-4,11,14,16,18H2,1-2H3. The van der Waals surface area contributed by atoms with Crippen LogP contribution in [0.2, 0.25) is 0 Å². The van der Waals surface area contributed by atoms with Crippen LogP contribution in [0.4, 0.5) is 0 Å². The summed E-state index contributed by atoms with van der Waals surface area (Å²) in [6, 6.07) is 12.5. The van der Waals surface area contributed by atoms with Crippen molar-refractivity contribution in [3.63, 3.8) is 0 Å². The summed E-state index contributed by atoms with van der Waals surface area (Å²) in [5.74, 6) is -0.0446. The van der Waals surface area contributed by atoms with Gasteiger partial charge in [0.25, 0.3) is 5.91 Å². The number of nitrogens with zero attached hydrogens (tertiary/aromatic N) is 4. The summed E-state index contributed by atoms with van der Waals surface area (Å²) in [7, 11) is 0. The summed E-state index contributed by atoms with van der Waals surface area (Å²) in [5, 5.41) is 2.07. The molecule has 1 saturated heterocycles. The third-order valence-electron chi connectivity index (χ3n) is 6.26. The van der Waals surface area contributed by atoms with Crippen LogP contribution in [0.25, 0.3) is 10.4 Å². The Morgan fingerprint density at radius 3 is 2.62 bits per heavy atom. The van der Waals surface area contributed by atoms with Gasteiger partial charge in [-0.25, -0.2) is 4.98 Å². The van der Waals surface area contributed by atoms with Gasteiger partial charge in [-0.05, 0) is 49.3 Å². The molecule has 0 aliphatic carbocycles. The van der Waals surface area contributed by atoms with Crippen LogP contribution < -0.4 is 0 Å². The van der Waals surface area contributed by atoms with Crippen molar-refractivity contribution in [2.24, 2.45) is 5.41 Å². The molecule has 1 atom stereocenters. The Labute approximate surface area is 192 Å². The minimum absolute atomic E-state index is 0.123. The Morgan fingerprint density at radius 2 is 1.94 bits per heavy atom. The van der Waals surface area contributed by atoms with E-state index in [2.05, 4.69) is 33.5 Å². The first-order chi connectivity index (χ1) is 15.6. The van der Waals surface area contributed by atoms with E-state index in [1.165, 1.54) is 17.3 Å². The van der Waals surface area contributed by atoms with E-state index in [4.69, 9.17) is 0 Å². The van der Waals surface area contributed by atoms with Crippen molar-refractivity contribution in [1.82, 2.24) is 19.8 Å². The SMILES string of the molecule is CCN(CC)C(=O)C1(Cc2ccccc2-c2cccs2)CCN(C(=O)c2cnccn2)C1.